The summed E-state index contributed by atoms with van der Waals surface area (Å²) in [5, 5.41) is 0.708. The summed E-state index contributed by atoms with van der Waals surface area (Å²) in [4.78, 5) is 11.4. The number of hydrogen-bond acceptors (Lipinski definition) is 5. The van der Waals surface area contributed by atoms with Crippen LogP contribution in [0, 0.1) is 5.92 Å². The van der Waals surface area contributed by atoms with E-state index in [1.807, 2.05) is 0 Å². The van der Waals surface area contributed by atoms with Crippen molar-refractivity contribution >= 4 is 39.1 Å². The predicted molar refractivity (Wildman–Crippen MR) is 102 cm³/mol. The minimum Gasteiger partial charge on any atom is -0.368 e. The zero-order chi connectivity index (χ0) is 20.1. The number of methoxy groups -OCH3 is 2. The fourth-order valence-corrected chi connectivity index (χ4v) is 4.47. The van der Waals surface area contributed by atoms with E-state index in [0.717, 1.165) is 0 Å². The molecule has 3 N–H and O–H groups in total. The Morgan fingerprint density at radius 3 is 2.27 bits per heavy atom. The van der Waals surface area contributed by atoms with Crippen molar-refractivity contribution in [2.24, 2.45) is 11.7 Å². The lowest BCUT2D eigenvalue weighted by Gasteiger charge is -2.32. The first-order chi connectivity index (χ1) is 12.0. The van der Waals surface area contributed by atoms with Gasteiger partial charge in [-0.25, -0.2) is 13.1 Å². The van der Waals surface area contributed by atoms with Gasteiger partial charge in [-0.15, -0.1) is 0 Å². The predicted octanol–water partition coefficient (Wildman–Crippen LogP) is 2.26. The fourth-order valence-electron chi connectivity index (χ4n) is 2.48. The zero-order valence-electron chi connectivity index (χ0n) is 15.1. The van der Waals surface area contributed by atoms with Gasteiger partial charge in [-0.2, -0.15) is 0 Å². The van der Waals surface area contributed by atoms with Crippen LogP contribution in [-0.4, -0.2) is 40.3 Å². The number of nitrogens with two attached hydrogens (primary N) is 1. The number of carbonyl (C=O) groups excluding carboxylic acids is 1. The summed E-state index contributed by atoms with van der Waals surface area (Å²) in [6, 6.07) is 3.72. The Balaban J connectivity index is 3.06. The van der Waals surface area contributed by atoms with E-state index < -0.39 is 27.8 Å². The minimum atomic E-state index is -3.83. The molecule has 1 aromatic rings. The highest BCUT2D eigenvalue weighted by atomic mass is 35.5. The molecule has 1 aromatic carbocycles. The van der Waals surface area contributed by atoms with Crippen LogP contribution in [0.25, 0.3) is 0 Å². The lowest BCUT2D eigenvalue weighted by Crippen LogP contribution is -2.49. The molecular formula is C16H24Cl2N2O5S. The van der Waals surface area contributed by atoms with Gasteiger partial charge >= 0.3 is 0 Å². The van der Waals surface area contributed by atoms with E-state index >= 15 is 0 Å². The Hall–Kier alpha value is -0.900. The first-order valence-corrected chi connectivity index (χ1v) is 10.2. The fraction of sp³-hybridized carbons (Fsp3) is 0.562. The number of amides is 1. The van der Waals surface area contributed by atoms with Gasteiger partial charge in [0.2, 0.25) is 15.9 Å². The van der Waals surface area contributed by atoms with Crippen molar-refractivity contribution in [1.82, 2.24) is 4.72 Å². The summed E-state index contributed by atoms with van der Waals surface area (Å²) in [7, 11) is -1.07. The molecule has 7 nitrogen and oxygen atoms in total. The molecule has 148 valence electrons. The number of ether oxygens (including phenoxy) is 2. The van der Waals surface area contributed by atoms with Gasteiger partial charge in [0.05, 0.1) is 10.8 Å². The average Bonchev–Trinajstić information content (AvgIpc) is 2.54. The summed E-state index contributed by atoms with van der Waals surface area (Å²) in [6.45, 7) is 3.39. The van der Waals surface area contributed by atoms with Gasteiger partial charge in [0.15, 0.2) is 5.79 Å². The number of halogens is 2. The van der Waals surface area contributed by atoms with Crippen molar-refractivity contribution in [1.29, 1.82) is 0 Å². The number of sulfonamides is 1. The molecule has 1 amide bonds. The Labute approximate surface area is 164 Å². The Morgan fingerprint density at radius 2 is 1.85 bits per heavy atom. The van der Waals surface area contributed by atoms with Crippen LogP contribution in [0.2, 0.25) is 10.0 Å². The second kappa shape index (κ2) is 9.34. The monoisotopic (exact) mass is 426 g/mol. The van der Waals surface area contributed by atoms with Crippen molar-refractivity contribution in [2.45, 2.75) is 32.1 Å². The molecule has 0 saturated carbocycles. The van der Waals surface area contributed by atoms with Crippen molar-refractivity contribution in [3.05, 3.63) is 33.8 Å². The van der Waals surface area contributed by atoms with Gasteiger partial charge in [-0.1, -0.05) is 43.1 Å². The molecule has 0 aliphatic rings. The highest BCUT2D eigenvalue weighted by Gasteiger charge is 2.36. The summed E-state index contributed by atoms with van der Waals surface area (Å²) in [5.41, 5.74) is 5.70. The highest BCUT2D eigenvalue weighted by molar-refractivity contribution is 7.89. The molecular weight excluding hydrogens is 403 g/mol. The molecule has 0 spiro atoms. The lowest BCUT2D eigenvalue weighted by atomic mass is 10.0. The summed E-state index contributed by atoms with van der Waals surface area (Å²) in [5.74, 6) is -2.79. The molecule has 0 heterocycles. The molecule has 0 saturated heterocycles. The van der Waals surface area contributed by atoms with Crippen LogP contribution in [0.1, 0.15) is 25.8 Å². The number of benzene rings is 1. The van der Waals surface area contributed by atoms with E-state index in [4.69, 9.17) is 38.4 Å². The number of carbonyl (C=O) groups is 1. The third kappa shape index (κ3) is 5.80. The maximum atomic E-state index is 12.4. The molecule has 1 rings (SSSR count). The topological polar surface area (TPSA) is 108 Å². The van der Waals surface area contributed by atoms with Crippen LogP contribution in [0.4, 0.5) is 0 Å². The Bertz CT molecular complexity index is 736. The summed E-state index contributed by atoms with van der Waals surface area (Å²) in [6.07, 6.45) is -0.0692. The molecule has 10 heteroatoms. The number of rotatable bonds is 10. The van der Waals surface area contributed by atoms with Crippen molar-refractivity contribution < 1.29 is 22.7 Å². The number of nitrogens with one attached hydrogen (secondary N) is 1. The molecule has 0 bridgehead atoms. The molecule has 26 heavy (non-hydrogen) atoms. The van der Waals surface area contributed by atoms with E-state index in [1.54, 1.807) is 26.0 Å². The smallest absolute Gasteiger partial charge is 0.235 e. The van der Waals surface area contributed by atoms with E-state index in [-0.39, 0.29) is 23.1 Å². The summed E-state index contributed by atoms with van der Waals surface area (Å²) < 4.78 is 38.1. The zero-order valence-corrected chi connectivity index (χ0v) is 17.4. The van der Waals surface area contributed by atoms with Crippen LogP contribution in [0.5, 0.6) is 0 Å². The first kappa shape index (κ1) is 23.1. The van der Waals surface area contributed by atoms with E-state index in [9.17, 15) is 13.2 Å². The molecule has 0 radical (unpaired) electrons. The normalized spacial score (nSPS) is 13.8. The second-order valence-electron chi connectivity index (χ2n) is 6.10. The standard InChI is InChI=1S/C16H24Cl2N2O5S/c1-10(2)14(15(19)21)20-26(22,23)8-7-16(24-3,25-4)12-6-5-11(17)9-13(12)18/h5-6,9-10,14,20H,7-8H2,1-4H3,(H2,19,21). The minimum absolute atomic E-state index is 0.0692. The maximum absolute atomic E-state index is 12.4. The number of primary amides is 1. The van der Waals surface area contributed by atoms with Gasteiger partial charge in [-0.05, 0) is 18.1 Å². The average molecular weight is 427 g/mol. The van der Waals surface area contributed by atoms with Crippen molar-refractivity contribution in [2.75, 3.05) is 20.0 Å². The van der Waals surface area contributed by atoms with E-state index in [2.05, 4.69) is 4.72 Å². The van der Waals surface area contributed by atoms with Crippen LogP contribution in [0.3, 0.4) is 0 Å². The van der Waals surface area contributed by atoms with Crippen molar-refractivity contribution in [3.63, 3.8) is 0 Å². The van der Waals surface area contributed by atoms with Crippen LogP contribution < -0.4 is 10.5 Å². The summed E-state index contributed by atoms with van der Waals surface area (Å²) >= 11 is 12.1. The second-order valence-corrected chi connectivity index (χ2v) is 8.81. The van der Waals surface area contributed by atoms with Crippen LogP contribution in [0.15, 0.2) is 18.2 Å². The molecule has 0 fully saturated rings. The van der Waals surface area contributed by atoms with Gasteiger partial charge < -0.3 is 15.2 Å². The lowest BCUT2D eigenvalue weighted by molar-refractivity contribution is -0.216. The van der Waals surface area contributed by atoms with Gasteiger partial charge in [0.25, 0.3) is 0 Å². The molecule has 0 aliphatic heterocycles. The van der Waals surface area contributed by atoms with Gasteiger partial charge in [-0.3, -0.25) is 4.79 Å². The first-order valence-electron chi connectivity index (χ1n) is 7.83. The molecule has 0 aliphatic carbocycles. The van der Waals surface area contributed by atoms with Crippen LogP contribution in [-0.2, 0) is 30.1 Å². The molecule has 1 unspecified atom stereocenters. The SMILES string of the molecule is COC(CCS(=O)(=O)NC(C(N)=O)C(C)C)(OC)c1ccc(Cl)cc1Cl. The van der Waals surface area contributed by atoms with Crippen molar-refractivity contribution in [3.8, 4) is 0 Å². The third-order valence-electron chi connectivity index (χ3n) is 3.98. The van der Waals surface area contributed by atoms with Gasteiger partial charge in [0.1, 0.15) is 6.04 Å². The largest absolute Gasteiger partial charge is 0.368 e. The molecule has 0 aromatic heterocycles. The van der Waals surface area contributed by atoms with E-state index in [0.29, 0.717) is 10.6 Å². The quantitative estimate of drug-likeness (QED) is 0.557. The maximum Gasteiger partial charge on any atom is 0.235 e. The third-order valence-corrected chi connectivity index (χ3v) is 5.88. The van der Waals surface area contributed by atoms with Crippen LogP contribution >= 0.6 is 23.2 Å². The molecule has 1 atom stereocenters. The highest BCUT2D eigenvalue weighted by Crippen LogP contribution is 2.36. The van der Waals surface area contributed by atoms with E-state index in [1.165, 1.54) is 20.3 Å². The van der Waals surface area contributed by atoms with Gasteiger partial charge in [0, 0.05) is 31.2 Å². The Kier molecular flexibility index (Phi) is 8.32. The Morgan fingerprint density at radius 1 is 1.27 bits per heavy atom. The number of hydrogen-bond donors (Lipinski definition) is 2.